The number of hydrogen-bond acceptors (Lipinski definition) is 3. The number of aryl methyl sites for hydroxylation is 1. The van der Waals surface area contributed by atoms with Gasteiger partial charge in [0.2, 0.25) is 0 Å². The molecule has 0 unspecified atom stereocenters. The molecule has 130 valence electrons. The Hall–Kier alpha value is -2.14. The second kappa shape index (κ2) is 6.30. The molecule has 1 saturated carbocycles. The van der Waals surface area contributed by atoms with Crippen molar-refractivity contribution in [3.05, 3.63) is 51.5 Å². The molecule has 0 spiro atoms. The second-order valence-electron chi connectivity index (χ2n) is 7.17. The van der Waals surface area contributed by atoms with Crippen molar-refractivity contribution < 1.29 is 0 Å². The van der Waals surface area contributed by atoms with Crippen LogP contribution < -0.4 is 5.56 Å². The van der Waals surface area contributed by atoms with Gasteiger partial charge in [0, 0.05) is 22.9 Å². The topological polar surface area (TPSA) is 52.7 Å². The average molecular weight is 357 g/mol. The lowest BCUT2D eigenvalue weighted by Gasteiger charge is -2.11. The van der Waals surface area contributed by atoms with Gasteiger partial charge >= 0.3 is 0 Å². The van der Waals surface area contributed by atoms with Crippen molar-refractivity contribution in [2.24, 2.45) is 5.92 Å². The van der Waals surface area contributed by atoms with E-state index in [1.807, 2.05) is 24.3 Å². The van der Waals surface area contributed by atoms with E-state index in [9.17, 15) is 4.79 Å². The maximum absolute atomic E-state index is 13.1. The molecule has 25 heavy (non-hydrogen) atoms. The molecule has 1 aromatic carbocycles. The summed E-state index contributed by atoms with van der Waals surface area (Å²) in [5, 5.41) is 10.7. The minimum Gasteiger partial charge on any atom is -0.265 e. The second-order valence-corrected chi connectivity index (χ2v) is 7.61. The van der Waals surface area contributed by atoms with Gasteiger partial charge < -0.3 is 0 Å². The summed E-state index contributed by atoms with van der Waals surface area (Å²) in [7, 11) is 0. The third-order valence-corrected chi connectivity index (χ3v) is 4.88. The molecule has 5 nitrogen and oxygen atoms in total. The van der Waals surface area contributed by atoms with Crippen LogP contribution >= 0.6 is 11.6 Å². The summed E-state index contributed by atoms with van der Waals surface area (Å²) < 4.78 is 3.32. The normalized spacial score (nSPS) is 14.6. The number of hydrogen-bond donors (Lipinski definition) is 0. The third kappa shape index (κ3) is 3.09. The third-order valence-electron chi connectivity index (χ3n) is 4.65. The number of aromatic nitrogens is 4. The molecule has 3 aromatic rings. The highest BCUT2D eigenvalue weighted by Crippen LogP contribution is 2.41. The molecule has 2 heterocycles. The molecule has 1 aliphatic carbocycles. The molecule has 0 aliphatic heterocycles. The number of fused-ring (bicyclic) bond motifs is 1. The van der Waals surface area contributed by atoms with Gasteiger partial charge in [0.25, 0.3) is 5.56 Å². The van der Waals surface area contributed by atoms with Crippen molar-refractivity contribution in [1.29, 1.82) is 0 Å². The van der Waals surface area contributed by atoms with Crippen LogP contribution in [0.5, 0.6) is 0 Å². The molecule has 0 bridgehead atoms. The van der Waals surface area contributed by atoms with Crippen LogP contribution in [-0.4, -0.2) is 19.6 Å². The van der Waals surface area contributed by atoms with Crippen LogP contribution in [-0.2, 0) is 6.54 Å². The first-order valence-corrected chi connectivity index (χ1v) is 9.17. The standard InChI is InChI=1S/C19H21ClN4O/c1-12(2)8-9-23-19(25)18-16(17(22-23)13-6-7-13)11-21-24(18)15-5-3-4-14(20)10-15/h3-5,10-13H,6-9H2,1-2H3. The lowest BCUT2D eigenvalue weighted by molar-refractivity contribution is 0.469. The van der Waals surface area contributed by atoms with Crippen molar-refractivity contribution in [2.45, 2.75) is 45.6 Å². The van der Waals surface area contributed by atoms with E-state index in [1.165, 1.54) is 0 Å². The Balaban J connectivity index is 1.92. The van der Waals surface area contributed by atoms with Gasteiger partial charge in [-0.2, -0.15) is 10.2 Å². The van der Waals surface area contributed by atoms with Crippen LogP contribution in [0.1, 0.15) is 44.7 Å². The molecule has 2 aromatic heterocycles. The van der Waals surface area contributed by atoms with Gasteiger partial charge in [-0.25, -0.2) is 9.36 Å². The Morgan fingerprint density at radius 2 is 2.12 bits per heavy atom. The van der Waals surface area contributed by atoms with Crippen molar-refractivity contribution in [1.82, 2.24) is 19.6 Å². The van der Waals surface area contributed by atoms with Crippen molar-refractivity contribution >= 4 is 22.5 Å². The average Bonchev–Trinajstić information content (AvgIpc) is 3.32. The monoisotopic (exact) mass is 356 g/mol. The van der Waals surface area contributed by atoms with Crippen molar-refractivity contribution in [3.63, 3.8) is 0 Å². The van der Waals surface area contributed by atoms with Gasteiger partial charge in [-0.05, 0) is 43.4 Å². The van der Waals surface area contributed by atoms with E-state index in [-0.39, 0.29) is 5.56 Å². The molecule has 0 saturated heterocycles. The van der Waals surface area contributed by atoms with Crippen molar-refractivity contribution in [3.8, 4) is 5.69 Å². The smallest absolute Gasteiger partial charge is 0.265 e. The fourth-order valence-corrected chi connectivity index (χ4v) is 3.27. The maximum Gasteiger partial charge on any atom is 0.293 e. The maximum atomic E-state index is 13.1. The molecule has 0 atom stereocenters. The van der Waals surface area contributed by atoms with E-state index >= 15 is 0 Å². The Kier molecular flexibility index (Phi) is 4.12. The summed E-state index contributed by atoms with van der Waals surface area (Å²) in [6, 6.07) is 7.41. The molecular weight excluding hydrogens is 336 g/mol. The van der Waals surface area contributed by atoms with Crippen LogP contribution in [0.3, 0.4) is 0 Å². The molecule has 0 amide bonds. The predicted molar refractivity (Wildman–Crippen MR) is 99.6 cm³/mol. The van der Waals surface area contributed by atoms with Crippen LogP contribution in [0, 0.1) is 5.92 Å². The lowest BCUT2D eigenvalue weighted by Crippen LogP contribution is -2.26. The Morgan fingerprint density at radius 3 is 2.80 bits per heavy atom. The number of rotatable bonds is 5. The summed E-state index contributed by atoms with van der Waals surface area (Å²) >= 11 is 6.12. The molecule has 1 fully saturated rings. The summed E-state index contributed by atoms with van der Waals surface area (Å²) in [5.74, 6) is 0.969. The molecule has 0 radical (unpaired) electrons. The van der Waals surface area contributed by atoms with Gasteiger partial charge in [0.05, 0.1) is 17.6 Å². The van der Waals surface area contributed by atoms with Gasteiger partial charge in [0.15, 0.2) is 0 Å². The fraction of sp³-hybridized carbons (Fsp3) is 0.421. The minimum absolute atomic E-state index is 0.0856. The first-order chi connectivity index (χ1) is 12.0. The summed E-state index contributed by atoms with van der Waals surface area (Å²) in [4.78, 5) is 13.1. The SMILES string of the molecule is CC(C)CCn1nc(C2CC2)c2cnn(-c3cccc(Cl)c3)c2c1=O. The van der Waals surface area contributed by atoms with E-state index in [2.05, 4.69) is 24.0 Å². The molecule has 6 heteroatoms. The van der Waals surface area contributed by atoms with Gasteiger partial charge in [0.1, 0.15) is 5.52 Å². The van der Waals surface area contributed by atoms with Crippen molar-refractivity contribution in [2.75, 3.05) is 0 Å². The van der Waals surface area contributed by atoms with Crippen LogP contribution in [0.2, 0.25) is 5.02 Å². The fourth-order valence-electron chi connectivity index (χ4n) is 3.09. The molecule has 4 rings (SSSR count). The highest BCUT2D eigenvalue weighted by atomic mass is 35.5. The zero-order valence-corrected chi connectivity index (χ0v) is 15.2. The first-order valence-electron chi connectivity index (χ1n) is 8.79. The summed E-state index contributed by atoms with van der Waals surface area (Å²) in [5.41, 5.74) is 2.31. The number of benzene rings is 1. The molecular formula is C19H21ClN4O. The Bertz CT molecular complexity index is 985. The number of nitrogens with zero attached hydrogens (tertiary/aromatic N) is 4. The molecule has 1 aliphatic rings. The lowest BCUT2D eigenvalue weighted by atomic mass is 10.1. The summed E-state index contributed by atoms with van der Waals surface area (Å²) in [6.07, 6.45) is 4.96. The van der Waals surface area contributed by atoms with E-state index in [4.69, 9.17) is 11.6 Å². The van der Waals surface area contributed by atoms with Crippen LogP contribution in [0.25, 0.3) is 16.6 Å². The predicted octanol–water partition coefficient (Wildman–Crippen LogP) is 4.16. The summed E-state index contributed by atoms with van der Waals surface area (Å²) in [6.45, 7) is 4.94. The first kappa shape index (κ1) is 16.3. The molecule has 0 N–H and O–H groups in total. The highest BCUT2D eigenvalue weighted by Gasteiger charge is 2.30. The largest absolute Gasteiger partial charge is 0.293 e. The van der Waals surface area contributed by atoms with E-state index in [0.29, 0.717) is 28.9 Å². The number of halogens is 1. The van der Waals surface area contributed by atoms with Gasteiger partial charge in [-0.15, -0.1) is 0 Å². The quantitative estimate of drug-likeness (QED) is 0.689. The van der Waals surface area contributed by atoms with Gasteiger partial charge in [-0.3, -0.25) is 4.79 Å². The van der Waals surface area contributed by atoms with Crippen LogP contribution in [0.4, 0.5) is 0 Å². The zero-order chi connectivity index (χ0) is 17.6. The van der Waals surface area contributed by atoms with Gasteiger partial charge in [-0.1, -0.05) is 31.5 Å². The Labute approximate surface area is 151 Å². The highest BCUT2D eigenvalue weighted by molar-refractivity contribution is 6.30. The minimum atomic E-state index is -0.0856. The Morgan fingerprint density at radius 1 is 1.32 bits per heavy atom. The van der Waals surface area contributed by atoms with E-state index in [0.717, 1.165) is 36.0 Å². The van der Waals surface area contributed by atoms with E-state index in [1.54, 1.807) is 15.6 Å². The van der Waals surface area contributed by atoms with E-state index < -0.39 is 0 Å². The van der Waals surface area contributed by atoms with Crippen LogP contribution in [0.15, 0.2) is 35.3 Å². The zero-order valence-electron chi connectivity index (χ0n) is 14.4.